The lowest BCUT2D eigenvalue weighted by Crippen LogP contribution is -2.43. The van der Waals surface area contributed by atoms with E-state index in [-0.39, 0.29) is 23.2 Å². The number of anilines is 1. The molecule has 2 saturated heterocycles. The van der Waals surface area contributed by atoms with Gasteiger partial charge in [-0.25, -0.2) is 0 Å². The number of fused-ring (bicyclic) bond motifs is 2. The number of ketones is 1. The van der Waals surface area contributed by atoms with Crippen molar-refractivity contribution in [2.75, 3.05) is 44.2 Å². The average Bonchev–Trinajstić information content (AvgIpc) is 3.61. The minimum absolute atomic E-state index is 0.0590. The van der Waals surface area contributed by atoms with E-state index >= 15 is 0 Å². The second kappa shape index (κ2) is 13.9. The Morgan fingerprint density at radius 2 is 1.84 bits per heavy atom. The first-order valence-corrected chi connectivity index (χ1v) is 18.2. The Labute approximate surface area is 289 Å². The Hall–Kier alpha value is -4.24. The number of aryl methyl sites for hydroxylation is 1. The van der Waals surface area contributed by atoms with Gasteiger partial charge < -0.3 is 19.3 Å². The van der Waals surface area contributed by atoms with Gasteiger partial charge in [-0.05, 0) is 106 Å². The van der Waals surface area contributed by atoms with Gasteiger partial charge in [-0.2, -0.15) is 15.1 Å². The first kappa shape index (κ1) is 33.3. The van der Waals surface area contributed by atoms with Crippen LogP contribution in [0, 0.1) is 18.3 Å². The fourth-order valence-electron chi connectivity index (χ4n) is 8.68. The van der Waals surface area contributed by atoms with Crippen LogP contribution in [0.25, 0.3) is 39.0 Å². The summed E-state index contributed by atoms with van der Waals surface area (Å²) in [5.74, 6) is 1.89. The van der Waals surface area contributed by atoms with Gasteiger partial charge >= 0.3 is 6.01 Å². The molecule has 4 aromatic rings. The lowest BCUT2D eigenvalue weighted by Gasteiger charge is -2.46. The molecule has 3 aliphatic rings. The molecule has 1 spiro atoms. The van der Waals surface area contributed by atoms with Crippen molar-refractivity contribution in [3.8, 4) is 22.9 Å². The summed E-state index contributed by atoms with van der Waals surface area (Å²) in [5.41, 5.74) is 6.00. The standard InChI is InChI=1S/C40H50N6O3/c1-6-27-23-30-36(37(48-9-4)35(27)34-26(5)12-13-32-31(34)25-41-44-32)42-39(49-29-14-19-45(8-3)20-15-29)43-38(30)46-21-17-40(18-22-46)16-10-11-28(24-40)33(47)7-2/h6-7,12-13,23,25,28-29H,1-2,8-11,14-22,24H2,3-5H3,(H,41,44). The molecule has 1 saturated carbocycles. The van der Waals surface area contributed by atoms with Crippen LogP contribution in [0.5, 0.6) is 11.8 Å². The monoisotopic (exact) mass is 662 g/mol. The van der Waals surface area contributed by atoms with Crippen LogP contribution in [0.3, 0.4) is 0 Å². The highest BCUT2D eigenvalue weighted by atomic mass is 16.5. The number of nitrogens with zero attached hydrogens (tertiary/aromatic N) is 5. The van der Waals surface area contributed by atoms with Gasteiger partial charge in [0.05, 0.1) is 18.3 Å². The quantitative estimate of drug-likeness (QED) is 0.171. The van der Waals surface area contributed by atoms with Crippen LogP contribution in [0.2, 0.25) is 0 Å². The molecule has 7 rings (SSSR count). The highest BCUT2D eigenvalue weighted by molar-refractivity contribution is 6.07. The number of likely N-dealkylation sites (tertiary alicyclic amines) is 1. The van der Waals surface area contributed by atoms with Gasteiger partial charge in [-0.1, -0.05) is 38.6 Å². The Kier molecular flexibility index (Phi) is 9.46. The summed E-state index contributed by atoms with van der Waals surface area (Å²) >= 11 is 0. The number of hydrogen-bond donors (Lipinski definition) is 1. The maximum atomic E-state index is 12.6. The fraction of sp³-hybridized carbons (Fsp3) is 0.500. The number of nitrogens with one attached hydrogen (secondary N) is 1. The zero-order valence-electron chi connectivity index (χ0n) is 29.4. The predicted molar refractivity (Wildman–Crippen MR) is 197 cm³/mol. The Balaban J connectivity index is 1.34. The summed E-state index contributed by atoms with van der Waals surface area (Å²) in [4.78, 5) is 27.9. The summed E-state index contributed by atoms with van der Waals surface area (Å²) < 4.78 is 13.2. The van der Waals surface area contributed by atoms with E-state index in [0.717, 1.165) is 128 Å². The third-order valence-electron chi connectivity index (χ3n) is 11.4. The summed E-state index contributed by atoms with van der Waals surface area (Å²) in [6, 6.07) is 6.77. The molecule has 258 valence electrons. The lowest BCUT2D eigenvalue weighted by atomic mass is 9.64. The van der Waals surface area contributed by atoms with E-state index in [2.05, 4.69) is 65.2 Å². The summed E-state index contributed by atoms with van der Waals surface area (Å²) in [5, 5.41) is 9.47. The number of carbonyl (C=O) groups excluding carboxylic acids is 1. The van der Waals surface area contributed by atoms with E-state index in [1.807, 2.05) is 19.2 Å². The molecule has 4 heterocycles. The largest absolute Gasteiger partial charge is 0.491 e. The van der Waals surface area contributed by atoms with Crippen molar-refractivity contribution in [3.63, 3.8) is 0 Å². The molecule has 2 aromatic carbocycles. The molecule has 1 unspecified atom stereocenters. The molecular weight excluding hydrogens is 612 g/mol. The first-order valence-electron chi connectivity index (χ1n) is 18.2. The highest BCUT2D eigenvalue weighted by Crippen LogP contribution is 2.50. The molecule has 2 aromatic heterocycles. The van der Waals surface area contributed by atoms with Crippen LogP contribution in [0.15, 0.2) is 43.6 Å². The number of hydrogen-bond acceptors (Lipinski definition) is 8. The molecule has 3 fully saturated rings. The third-order valence-corrected chi connectivity index (χ3v) is 11.4. The minimum Gasteiger partial charge on any atom is -0.491 e. The predicted octanol–water partition coefficient (Wildman–Crippen LogP) is 7.92. The third kappa shape index (κ3) is 6.33. The maximum Gasteiger partial charge on any atom is 0.319 e. The van der Waals surface area contributed by atoms with Crippen molar-refractivity contribution < 1.29 is 14.3 Å². The van der Waals surface area contributed by atoms with E-state index in [4.69, 9.17) is 19.4 Å². The van der Waals surface area contributed by atoms with Crippen molar-refractivity contribution in [3.05, 3.63) is 54.8 Å². The van der Waals surface area contributed by atoms with E-state index in [0.29, 0.717) is 18.4 Å². The second-order valence-corrected chi connectivity index (χ2v) is 14.3. The number of rotatable bonds is 10. The van der Waals surface area contributed by atoms with E-state index in [1.165, 1.54) is 12.5 Å². The smallest absolute Gasteiger partial charge is 0.319 e. The van der Waals surface area contributed by atoms with Gasteiger partial charge in [0.25, 0.3) is 0 Å². The van der Waals surface area contributed by atoms with Crippen LogP contribution < -0.4 is 14.4 Å². The van der Waals surface area contributed by atoms with Gasteiger partial charge in [-0.15, -0.1) is 0 Å². The molecule has 9 nitrogen and oxygen atoms in total. The Morgan fingerprint density at radius 1 is 1.04 bits per heavy atom. The minimum atomic E-state index is 0.0590. The van der Waals surface area contributed by atoms with Crippen LogP contribution in [0.1, 0.15) is 76.3 Å². The van der Waals surface area contributed by atoms with E-state index < -0.39 is 0 Å². The van der Waals surface area contributed by atoms with Gasteiger partial charge in [0.15, 0.2) is 11.5 Å². The van der Waals surface area contributed by atoms with Crippen molar-refractivity contribution in [2.24, 2.45) is 11.3 Å². The second-order valence-electron chi connectivity index (χ2n) is 14.3. The summed E-state index contributed by atoms with van der Waals surface area (Å²) in [7, 11) is 0. The number of allylic oxidation sites excluding steroid dienone is 1. The molecule has 0 bridgehead atoms. The SMILES string of the molecule is C=CC(=O)C1CCCC2(CCN(c3nc(OC4CCN(CC)CC4)nc4c(OCC)c(-c5c(C)ccc6[nH]ncc56)c(C=C)cc34)CC2)C1. The van der Waals surface area contributed by atoms with Crippen LogP contribution in [-0.4, -0.2) is 76.3 Å². The molecule has 2 aliphatic heterocycles. The fourth-order valence-corrected chi connectivity index (χ4v) is 8.68. The Morgan fingerprint density at radius 3 is 2.55 bits per heavy atom. The van der Waals surface area contributed by atoms with Crippen molar-refractivity contribution in [2.45, 2.75) is 78.2 Å². The number of carbonyl (C=O) groups is 1. The van der Waals surface area contributed by atoms with Crippen molar-refractivity contribution >= 4 is 39.5 Å². The maximum absolute atomic E-state index is 12.6. The molecule has 0 radical (unpaired) electrons. The van der Waals surface area contributed by atoms with Crippen LogP contribution in [-0.2, 0) is 4.79 Å². The van der Waals surface area contributed by atoms with Gasteiger partial charge in [0, 0.05) is 48.4 Å². The Bertz CT molecular complexity index is 1870. The van der Waals surface area contributed by atoms with Gasteiger partial charge in [-0.3, -0.25) is 9.89 Å². The number of aromatic amines is 1. The molecule has 49 heavy (non-hydrogen) atoms. The molecule has 1 atom stereocenters. The molecule has 9 heteroatoms. The normalized spacial score (nSPS) is 20.1. The number of H-pyrrole nitrogens is 1. The van der Waals surface area contributed by atoms with Crippen LogP contribution in [0.4, 0.5) is 5.82 Å². The van der Waals surface area contributed by atoms with Gasteiger partial charge in [0.2, 0.25) is 0 Å². The summed E-state index contributed by atoms with van der Waals surface area (Å²) in [6.07, 6.45) is 13.5. The zero-order chi connectivity index (χ0) is 34.1. The van der Waals surface area contributed by atoms with E-state index in [9.17, 15) is 4.79 Å². The zero-order valence-corrected chi connectivity index (χ0v) is 29.4. The van der Waals surface area contributed by atoms with E-state index in [1.54, 1.807) is 0 Å². The first-order chi connectivity index (χ1) is 23.9. The van der Waals surface area contributed by atoms with Crippen molar-refractivity contribution in [1.29, 1.82) is 0 Å². The highest BCUT2D eigenvalue weighted by Gasteiger charge is 2.41. The number of piperidine rings is 2. The molecule has 1 N–H and O–H groups in total. The molecule has 0 amide bonds. The van der Waals surface area contributed by atoms with Gasteiger partial charge in [0.1, 0.15) is 17.4 Å². The topological polar surface area (TPSA) is 96.5 Å². The van der Waals surface area contributed by atoms with Crippen molar-refractivity contribution in [1.82, 2.24) is 25.1 Å². The number of ether oxygens (including phenoxy) is 2. The van der Waals surface area contributed by atoms with Crippen LogP contribution >= 0.6 is 0 Å². The molecule has 1 aliphatic carbocycles. The molecular formula is C40H50N6O3. The summed E-state index contributed by atoms with van der Waals surface area (Å²) in [6.45, 7) is 19.7. The number of benzene rings is 2. The average molecular weight is 663 g/mol. The lowest BCUT2D eigenvalue weighted by molar-refractivity contribution is -0.120. The number of aromatic nitrogens is 4.